The average Bonchev–Trinajstić information content (AvgIpc) is 2.87. The number of hydrogen-bond donors (Lipinski definition) is 0. The lowest BCUT2D eigenvalue weighted by Gasteiger charge is -2.09. The average molecular weight is 272 g/mol. The molecule has 0 aliphatic heterocycles. The van der Waals surface area contributed by atoms with Crippen LogP contribution in [0.4, 0.5) is 4.39 Å². The van der Waals surface area contributed by atoms with Gasteiger partial charge in [0, 0.05) is 18.7 Å². The van der Waals surface area contributed by atoms with Gasteiger partial charge < -0.3 is 9.09 Å². The third kappa shape index (κ3) is 1.74. The van der Waals surface area contributed by atoms with Gasteiger partial charge in [-0.1, -0.05) is 24.2 Å². The summed E-state index contributed by atoms with van der Waals surface area (Å²) >= 11 is 0. The number of fused-ring (bicyclic) bond motifs is 1. The Morgan fingerprint density at radius 3 is 2.80 bits per heavy atom. The minimum atomic E-state index is -0.378. The van der Waals surface area contributed by atoms with Crippen molar-refractivity contribution in [3.05, 3.63) is 52.2 Å². The Morgan fingerprint density at radius 1 is 1.35 bits per heavy atom. The Morgan fingerprint density at radius 2 is 2.10 bits per heavy atom. The van der Waals surface area contributed by atoms with Crippen molar-refractivity contribution < 1.29 is 8.91 Å². The van der Waals surface area contributed by atoms with Gasteiger partial charge in [0.2, 0.25) is 0 Å². The molecule has 5 heteroatoms. The van der Waals surface area contributed by atoms with E-state index in [0.717, 1.165) is 0 Å². The first-order chi connectivity index (χ1) is 9.63. The molecule has 0 aliphatic rings. The van der Waals surface area contributed by atoms with Crippen LogP contribution in [0.2, 0.25) is 0 Å². The zero-order chi connectivity index (χ0) is 14.3. The second kappa shape index (κ2) is 4.59. The molecule has 3 aromatic rings. The van der Waals surface area contributed by atoms with Crippen LogP contribution in [-0.2, 0) is 13.5 Å². The van der Waals surface area contributed by atoms with Crippen LogP contribution in [0, 0.1) is 5.82 Å². The fraction of sp³-hybridized carbons (Fsp3) is 0.200. The molecule has 3 rings (SSSR count). The standard InChI is InChI=1S/C15H13FN2O2/c1-3-11-14-13(20-17-11)8-12(18(2)15(14)19)9-6-4-5-7-10(9)16/h4-8H,3H2,1-2H3. The summed E-state index contributed by atoms with van der Waals surface area (Å²) in [6, 6.07) is 7.99. The van der Waals surface area contributed by atoms with E-state index in [1.165, 1.54) is 10.6 Å². The highest BCUT2D eigenvalue weighted by Gasteiger charge is 2.17. The van der Waals surface area contributed by atoms with Crippen LogP contribution in [0.15, 0.2) is 39.6 Å². The largest absolute Gasteiger partial charge is 0.356 e. The molecule has 0 fully saturated rings. The number of hydrogen-bond acceptors (Lipinski definition) is 3. The van der Waals surface area contributed by atoms with Crippen LogP contribution in [0.25, 0.3) is 22.2 Å². The van der Waals surface area contributed by atoms with Gasteiger partial charge in [0.15, 0.2) is 5.58 Å². The normalized spacial score (nSPS) is 11.2. The minimum absolute atomic E-state index is 0.223. The maximum absolute atomic E-state index is 13.9. The number of nitrogens with zero attached hydrogens (tertiary/aromatic N) is 2. The van der Waals surface area contributed by atoms with Crippen molar-refractivity contribution in [2.24, 2.45) is 7.05 Å². The highest BCUT2D eigenvalue weighted by Crippen LogP contribution is 2.25. The molecule has 102 valence electrons. The first kappa shape index (κ1) is 12.6. The first-order valence-electron chi connectivity index (χ1n) is 6.36. The van der Waals surface area contributed by atoms with E-state index in [9.17, 15) is 9.18 Å². The smallest absolute Gasteiger partial charge is 0.263 e. The molecule has 0 saturated carbocycles. The fourth-order valence-corrected chi connectivity index (χ4v) is 2.33. The maximum atomic E-state index is 13.9. The van der Waals surface area contributed by atoms with Crippen LogP contribution in [0.5, 0.6) is 0 Å². The van der Waals surface area contributed by atoms with Gasteiger partial charge in [0.25, 0.3) is 5.56 Å². The highest BCUT2D eigenvalue weighted by atomic mass is 19.1. The molecular weight excluding hydrogens is 259 g/mol. The third-order valence-electron chi connectivity index (χ3n) is 3.42. The van der Waals surface area contributed by atoms with Crippen molar-refractivity contribution in [2.45, 2.75) is 13.3 Å². The predicted molar refractivity (Wildman–Crippen MR) is 74.0 cm³/mol. The Labute approximate surface area is 114 Å². The van der Waals surface area contributed by atoms with E-state index in [1.54, 1.807) is 31.3 Å². The van der Waals surface area contributed by atoms with Crippen LogP contribution in [0.1, 0.15) is 12.6 Å². The molecule has 2 aromatic heterocycles. The number of rotatable bonds is 2. The van der Waals surface area contributed by atoms with E-state index >= 15 is 0 Å². The summed E-state index contributed by atoms with van der Waals surface area (Å²) in [4.78, 5) is 12.4. The number of aryl methyl sites for hydroxylation is 1. The van der Waals surface area contributed by atoms with E-state index in [4.69, 9.17) is 4.52 Å². The fourth-order valence-electron chi connectivity index (χ4n) is 2.33. The van der Waals surface area contributed by atoms with E-state index in [1.807, 2.05) is 6.92 Å². The third-order valence-corrected chi connectivity index (χ3v) is 3.42. The van der Waals surface area contributed by atoms with Gasteiger partial charge in [-0.15, -0.1) is 0 Å². The van der Waals surface area contributed by atoms with Crippen molar-refractivity contribution in [2.75, 3.05) is 0 Å². The van der Waals surface area contributed by atoms with Gasteiger partial charge >= 0.3 is 0 Å². The van der Waals surface area contributed by atoms with Gasteiger partial charge in [-0.2, -0.15) is 0 Å². The van der Waals surface area contributed by atoms with Crippen LogP contribution in [-0.4, -0.2) is 9.72 Å². The Kier molecular flexibility index (Phi) is 2.89. The summed E-state index contributed by atoms with van der Waals surface area (Å²) in [7, 11) is 1.62. The molecule has 4 nitrogen and oxygen atoms in total. The summed E-state index contributed by atoms with van der Waals surface area (Å²) in [5.74, 6) is -0.378. The van der Waals surface area contributed by atoms with Gasteiger partial charge in [-0.25, -0.2) is 4.39 Å². The quantitative estimate of drug-likeness (QED) is 0.720. The second-order valence-electron chi connectivity index (χ2n) is 4.60. The topological polar surface area (TPSA) is 48.0 Å². The molecule has 20 heavy (non-hydrogen) atoms. The van der Waals surface area contributed by atoms with E-state index in [2.05, 4.69) is 5.16 Å². The summed E-state index contributed by atoms with van der Waals surface area (Å²) in [6.45, 7) is 1.90. The van der Waals surface area contributed by atoms with E-state index in [-0.39, 0.29) is 11.4 Å². The molecule has 0 bridgehead atoms. The minimum Gasteiger partial charge on any atom is -0.356 e. The second-order valence-corrected chi connectivity index (χ2v) is 4.60. The summed E-state index contributed by atoms with van der Waals surface area (Å²) in [5.41, 5.74) is 1.63. The van der Waals surface area contributed by atoms with Crippen molar-refractivity contribution in [3.63, 3.8) is 0 Å². The van der Waals surface area contributed by atoms with Crippen molar-refractivity contribution in [1.29, 1.82) is 0 Å². The van der Waals surface area contributed by atoms with E-state index in [0.29, 0.717) is 34.3 Å². The zero-order valence-electron chi connectivity index (χ0n) is 11.2. The van der Waals surface area contributed by atoms with Crippen LogP contribution >= 0.6 is 0 Å². The van der Waals surface area contributed by atoms with Gasteiger partial charge in [-0.05, 0) is 18.6 Å². The van der Waals surface area contributed by atoms with E-state index < -0.39 is 0 Å². The lowest BCUT2D eigenvalue weighted by molar-refractivity contribution is 0.447. The molecule has 0 amide bonds. The zero-order valence-corrected chi connectivity index (χ0v) is 11.2. The molecular formula is C15H13FN2O2. The maximum Gasteiger partial charge on any atom is 0.263 e. The van der Waals surface area contributed by atoms with Crippen LogP contribution < -0.4 is 5.56 Å². The Balaban J connectivity index is 2.37. The first-order valence-corrected chi connectivity index (χ1v) is 6.36. The predicted octanol–water partition coefficient (Wildman–Crippen LogP) is 2.90. The number of pyridine rings is 1. The number of halogens is 1. The molecule has 0 unspecified atom stereocenters. The molecule has 1 aromatic carbocycles. The highest BCUT2D eigenvalue weighted by molar-refractivity contribution is 5.82. The van der Waals surface area contributed by atoms with Crippen LogP contribution in [0.3, 0.4) is 0 Å². The summed E-state index contributed by atoms with van der Waals surface area (Å²) in [5, 5.41) is 4.36. The lowest BCUT2D eigenvalue weighted by atomic mass is 10.1. The molecule has 0 N–H and O–H groups in total. The molecule has 2 heterocycles. The molecule has 0 spiro atoms. The molecule has 0 radical (unpaired) electrons. The Bertz CT molecular complexity index is 849. The van der Waals surface area contributed by atoms with Gasteiger partial charge in [0.1, 0.15) is 11.2 Å². The molecule has 0 aliphatic carbocycles. The summed E-state index contributed by atoms with van der Waals surface area (Å²) in [6.07, 6.45) is 0.612. The van der Waals surface area contributed by atoms with Gasteiger partial charge in [0.05, 0.1) is 11.4 Å². The van der Waals surface area contributed by atoms with Crippen molar-refractivity contribution in [1.82, 2.24) is 9.72 Å². The monoisotopic (exact) mass is 272 g/mol. The number of benzene rings is 1. The lowest BCUT2D eigenvalue weighted by Crippen LogP contribution is -2.19. The summed E-state index contributed by atoms with van der Waals surface area (Å²) < 4.78 is 20.5. The molecule has 0 atom stereocenters. The SMILES string of the molecule is CCc1noc2cc(-c3ccccc3F)n(C)c(=O)c12. The number of aromatic nitrogens is 2. The van der Waals surface area contributed by atoms with Gasteiger partial charge in [-0.3, -0.25) is 4.79 Å². The Hall–Kier alpha value is -2.43. The van der Waals surface area contributed by atoms with Crippen molar-refractivity contribution in [3.8, 4) is 11.3 Å². The van der Waals surface area contributed by atoms with Crippen molar-refractivity contribution >= 4 is 11.0 Å². The molecule has 0 saturated heterocycles.